The number of nitrogen functional groups attached to an aromatic ring is 1. The molecule has 0 fully saturated rings. The van der Waals surface area contributed by atoms with Gasteiger partial charge in [-0.3, -0.25) is 0 Å². The molecule has 0 bridgehead atoms. The van der Waals surface area contributed by atoms with Crippen molar-refractivity contribution in [3.63, 3.8) is 0 Å². The lowest BCUT2D eigenvalue weighted by molar-refractivity contribution is 0.0530. The molecule has 0 atom stereocenters. The largest absolute Gasteiger partial charge is 0.462 e. The predicted molar refractivity (Wildman–Crippen MR) is 91.7 cm³/mol. The average molecular weight is 311 g/mol. The number of ether oxygens (including phenoxy) is 1. The number of nitrogens with two attached hydrogens (primary N) is 1. The van der Waals surface area contributed by atoms with Gasteiger partial charge in [-0.25, -0.2) is 9.31 Å². The smallest absolute Gasteiger partial charge is 0.344 e. The van der Waals surface area contributed by atoms with Gasteiger partial charge in [0.2, 0.25) is 0 Å². The van der Waals surface area contributed by atoms with E-state index in [1.54, 1.807) is 11.4 Å². The molecule has 0 amide bonds. The SMILES string of the molecule is CCCCc1cc2ccccc2c2c(C(=O)OCC)c(N)nn12. The van der Waals surface area contributed by atoms with Crippen LogP contribution < -0.4 is 5.73 Å². The van der Waals surface area contributed by atoms with Crippen LogP contribution in [0.1, 0.15) is 42.7 Å². The van der Waals surface area contributed by atoms with Crippen LogP contribution in [0, 0.1) is 0 Å². The zero-order valence-electron chi connectivity index (χ0n) is 13.5. The van der Waals surface area contributed by atoms with Crippen LogP contribution in [0.15, 0.2) is 30.3 Å². The van der Waals surface area contributed by atoms with Crippen LogP contribution >= 0.6 is 0 Å². The molecular formula is C18H21N3O2. The minimum atomic E-state index is -0.419. The fourth-order valence-corrected chi connectivity index (χ4v) is 2.91. The van der Waals surface area contributed by atoms with Gasteiger partial charge in [0, 0.05) is 11.1 Å². The summed E-state index contributed by atoms with van der Waals surface area (Å²) in [6, 6.07) is 10.1. The van der Waals surface area contributed by atoms with Crippen molar-refractivity contribution in [2.75, 3.05) is 12.3 Å². The zero-order valence-corrected chi connectivity index (χ0v) is 13.5. The van der Waals surface area contributed by atoms with E-state index in [1.165, 1.54) is 0 Å². The quantitative estimate of drug-likeness (QED) is 0.731. The molecule has 5 nitrogen and oxygen atoms in total. The van der Waals surface area contributed by atoms with E-state index in [4.69, 9.17) is 10.5 Å². The summed E-state index contributed by atoms with van der Waals surface area (Å²) in [5.74, 6) is -0.199. The summed E-state index contributed by atoms with van der Waals surface area (Å²) in [7, 11) is 0. The highest BCUT2D eigenvalue weighted by Gasteiger charge is 2.22. The van der Waals surface area contributed by atoms with Gasteiger partial charge < -0.3 is 10.5 Å². The highest BCUT2D eigenvalue weighted by molar-refractivity contribution is 6.10. The summed E-state index contributed by atoms with van der Waals surface area (Å²) >= 11 is 0. The molecule has 0 aliphatic heterocycles. The highest BCUT2D eigenvalue weighted by Crippen LogP contribution is 2.29. The van der Waals surface area contributed by atoms with Gasteiger partial charge in [-0.15, -0.1) is 5.10 Å². The van der Waals surface area contributed by atoms with E-state index in [-0.39, 0.29) is 5.82 Å². The third kappa shape index (κ3) is 2.63. The van der Waals surface area contributed by atoms with Crippen LogP contribution in [0.2, 0.25) is 0 Å². The van der Waals surface area contributed by atoms with Gasteiger partial charge in [0.05, 0.1) is 12.1 Å². The predicted octanol–water partition coefficient (Wildman–Crippen LogP) is 3.59. The summed E-state index contributed by atoms with van der Waals surface area (Å²) in [5.41, 5.74) is 8.20. The molecule has 0 spiro atoms. The number of hydrogen-bond acceptors (Lipinski definition) is 4. The first-order chi connectivity index (χ1) is 11.2. The van der Waals surface area contributed by atoms with Gasteiger partial charge in [0.15, 0.2) is 5.82 Å². The molecule has 23 heavy (non-hydrogen) atoms. The Morgan fingerprint density at radius 1 is 1.30 bits per heavy atom. The molecule has 0 radical (unpaired) electrons. The standard InChI is InChI=1S/C18H21N3O2/c1-3-5-9-13-11-12-8-6-7-10-14(12)16-15(18(22)23-4-2)17(19)20-21(13)16/h6-8,10-11H,3-5,9H2,1-2H3,(H2,19,20). The second-order valence-corrected chi connectivity index (χ2v) is 5.57. The van der Waals surface area contributed by atoms with Crippen molar-refractivity contribution >= 4 is 28.1 Å². The van der Waals surface area contributed by atoms with Gasteiger partial charge >= 0.3 is 5.97 Å². The van der Waals surface area contributed by atoms with Gasteiger partial charge in [0.1, 0.15) is 5.56 Å². The number of nitrogens with zero attached hydrogens (tertiary/aromatic N) is 2. The number of unbranched alkanes of at least 4 members (excludes halogenated alkanes) is 1. The first kappa shape index (κ1) is 15.3. The topological polar surface area (TPSA) is 69.6 Å². The first-order valence-electron chi connectivity index (χ1n) is 8.03. The number of hydrogen-bond donors (Lipinski definition) is 1. The highest BCUT2D eigenvalue weighted by atomic mass is 16.5. The molecule has 0 aliphatic carbocycles. The summed E-state index contributed by atoms with van der Waals surface area (Å²) in [6.07, 6.45) is 3.04. The molecule has 3 aromatic rings. The molecule has 2 heterocycles. The number of esters is 1. The van der Waals surface area contributed by atoms with E-state index in [1.807, 2.05) is 24.3 Å². The molecule has 0 saturated heterocycles. The number of anilines is 1. The summed E-state index contributed by atoms with van der Waals surface area (Å²) in [4.78, 5) is 12.4. The number of pyridine rings is 1. The molecule has 120 valence electrons. The Bertz CT molecular complexity index is 867. The normalized spacial score (nSPS) is 11.2. The third-order valence-electron chi connectivity index (χ3n) is 3.99. The maximum absolute atomic E-state index is 12.4. The fourth-order valence-electron chi connectivity index (χ4n) is 2.91. The van der Waals surface area contributed by atoms with E-state index < -0.39 is 5.97 Å². The Hall–Kier alpha value is -2.56. The van der Waals surface area contributed by atoms with E-state index in [0.29, 0.717) is 12.2 Å². The van der Waals surface area contributed by atoms with Crippen molar-refractivity contribution in [2.24, 2.45) is 0 Å². The third-order valence-corrected chi connectivity index (χ3v) is 3.99. The molecule has 2 aromatic heterocycles. The van der Waals surface area contributed by atoms with Gasteiger partial charge in [-0.05, 0) is 31.2 Å². The summed E-state index contributed by atoms with van der Waals surface area (Å²) < 4.78 is 6.98. The monoisotopic (exact) mass is 311 g/mol. The Morgan fingerprint density at radius 3 is 2.83 bits per heavy atom. The summed E-state index contributed by atoms with van der Waals surface area (Å²) in [5, 5.41) is 6.45. The van der Waals surface area contributed by atoms with Crippen LogP contribution in [0.5, 0.6) is 0 Å². The number of fused-ring (bicyclic) bond motifs is 3. The average Bonchev–Trinajstić information content (AvgIpc) is 2.90. The zero-order chi connectivity index (χ0) is 16.4. The lowest BCUT2D eigenvalue weighted by atomic mass is 10.1. The van der Waals surface area contributed by atoms with Crippen LogP contribution in [-0.2, 0) is 11.2 Å². The van der Waals surface area contributed by atoms with Crippen molar-refractivity contribution < 1.29 is 9.53 Å². The van der Waals surface area contributed by atoms with E-state index >= 15 is 0 Å². The second kappa shape index (κ2) is 6.28. The fraction of sp³-hybridized carbons (Fsp3) is 0.333. The Kier molecular flexibility index (Phi) is 4.19. The number of aryl methyl sites for hydroxylation is 1. The van der Waals surface area contributed by atoms with Crippen molar-refractivity contribution in [2.45, 2.75) is 33.1 Å². The second-order valence-electron chi connectivity index (χ2n) is 5.57. The minimum Gasteiger partial charge on any atom is -0.462 e. The lowest BCUT2D eigenvalue weighted by Crippen LogP contribution is -2.07. The molecule has 0 aliphatic rings. The van der Waals surface area contributed by atoms with Crippen molar-refractivity contribution in [1.29, 1.82) is 0 Å². The Balaban J connectivity index is 2.34. The number of rotatable bonds is 5. The molecule has 0 saturated carbocycles. The number of benzene rings is 1. The van der Waals surface area contributed by atoms with Gasteiger partial charge in [-0.2, -0.15) is 0 Å². The lowest BCUT2D eigenvalue weighted by Gasteiger charge is -2.09. The summed E-state index contributed by atoms with van der Waals surface area (Å²) in [6.45, 7) is 4.24. The van der Waals surface area contributed by atoms with E-state index in [9.17, 15) is 4.79 Å². The van der Waals surface area contributed by atoms with Crippen LogP contribution in [0.4, 0.5) is 5.82 Å². The maximum atomic E-state index is 12.4. The van der Waals surface area contributed by atoms with Crippen molar-refractivity contribution in [3.8, 4) is 0 Å². The first-order valence-corrected chi connectivity index (χ1v) is 8.03. The van der Waals surface area contributed by atoms with E-state index in [2.05, 4.69) is 18.1 Å². The van der Waals surface area contributed by atoms with Gasteiger partial charge in [0.25, 0.3) is 0 Å². The molecule has 0 unspecified atom stereocenters. The Morgan fingerprint density at radius 2 is 2.09 bits per heavy atom. The van der Waals surface area contributed by atoms with Crippen molar-refractivity contribution in [1.82, 2.24) is 9.61 Å². The van der Waals surface area contributed by atoms with E-state index in [0.717, 1.165) is 41.2 Å². The maximum Gasteiger partial charge on any atom is 0.344 e. The molecule has 2 N–H and O–H groups in total. The van der Waals surface area contributed by atoms with Crippen LogP contribution in [0.3, 0.4) is 0 Å². The molecule has 3 rings (SSSR count). The van der Waals surface area contributed by atoms with Crippen LogP contribution in [-0.4, -0.2) is 22.2 Å². The minimum absolute atomic E-state index is 0.220. The number of aromatic nitrogens is 2. The van der Waals surface area contributed by atoms with Crippen LogP contribution in [0.25, 0.3) is 16.3 Å². The van der Waals surface area contributed by atoms with Gasteiger partial charge in [-0.1, -0.05) is 37.6 Å². The number of carbonyl (C=O) groups is 1. The number of carbonyl (C=O) groups excluding carboxylic acids is 1. The molecule has 5 heteroatoms. The Labute approximate surface area is 135 Å². The van der Waals surface area contributed by atoms with Crippen molar-refractivity contribution in [3.05, 3.63) is 41.6 Å². The molecular weight excluding hydrogens is 290 g/mol. The molecule has 1 aromatic carbocycles.